The van der Waals surface area contributed by atoms with E-state index in [-0.39, 0.29) is 5.84 Å². The first-order chi connectivity index (χ1) is 7.02. The van der Waals surface area contributed by atoms with Crippen LogP contribution in [-0.4, -0.2) is 10.9 Å². The van der Waals surface area contributed by atoms with Gasteiger partial charge in [0.1, 0.15) is 0 Å². The largest absolute Gasteiger partial charge is 0.388 e. The minimum absolute atomic E-state index is 0.0391. The third-order valence-electron chi connectivity index (χ3n) is 2.02. The molecule has 1 aromatic rings. The van der Waals surface area contributed by atoms with E-state index in [1.165, 1.54) is 0 Å². The molecule has 1 unspecified atom stereocenters. The van der Waals surface area contributed by atoms with E-state index in [9.17, 15) is 5.11 Å². The maximum absolute atomic E-state index is 9.81. The van der Waals surface area contributed by atoms with Crippen molar-refractivity contribution in [2.75, 3.05) is 0 Å². The molecule has 0 spiro atoms. The molecule has 0 bridgehead atoms. The molecule has 1 atom stereocenters. The predicted octanol–water partition coefficient (Wildman–Crippen LogP) is 2.74. The van der Waals surface area contributed by atoms with Crippen molar-refractivity contribution in [3.05, 3.63) is 33.8 Å². The maximum Gasteiger partial charge on any atom is 0.0906 e. The fourth-order valence-corrected chi connectivity index (χ4v) is 1.91. The van der Waals surface area contributed by atoms with Crippen molar-refractivity contribution in [1.82, 2.24) is 0 Å². The van der Waals surface area contributed by atoms with Crippen LogP contribution in [0.5, 0.6) is 0 Å². The minimum Gasteiger partial charge on any atom is -0.388 e. The highest BCUT2D eigenvalue weighted by molar-refractivity contribution is 6.36. The number of aliphatic hydroxyl groups is 1. The van der Waals surface area contributed by atoms with Gasteiger partial charge in [0.25, 0.3) is 0 Å². The first kappa shape index (κ1) is 12.3. The quantitative estimate of drug-likeness (QED) is 0.565. The van der Waals surface area contributed by atoms with E-state index in [4.69, 9.17) is 34.3 Å². The highest BCUT2D eigenvalue weighted by Crippen LogP contribution is 2.32. The van der Waals surface area contributed by atoms with Crippen LogP contribution in [-0.2, 0) is 0 Å². The Kier molecular flexibility index (Phi) is 4.39. The lowest BCUT2D eigenvalue weighted by atomic mass is 10.0. The smallest absolute Gasteiger partial charge is 0.0906 e. The summed E-state index contributed by atoms with van der Waals surface area (Å²) in [6, 6.07) is 5.05. The van der Waals surface area contributed by atoms with E-state index in [2.05, 4.69) is 0 Å². The number of aliphatic hydroxyl groups excluding tert-OH is 1. The van der Waals surface area contributed by atoms with Crippen LogP contribution in [0.1, 0.15) is 24.5 Å². The van der Waals surface area contributed by atoms with Gasteiger partial charge in [-0.1, -0.05) is 29.3 Å². The zero-order valence-corrected chi connectivity index (χ0v) is 9.52. The van der Waals surface area contributed by atoms with Gasteiger partial charge in [0.15, 0.2) is 0 Å². The number of benzene rings is 1. The SMILES string of the molecule is N=C(N)CCC(O)c1c(Cl)cccc1Cl. The second-order valence-electron chi connectivity index (χ2n) is 3.22. The summed E-state index contributed by atoms with van der Waals surface area (Å²) >= 11 is 11.8. The highest BCUT2D eigenvalue weighted by atomic mass is 35.5. The number of nitrogens with two attached hydrogens (primary N) is 1. The molecular weight excluding hydrogens is 235 g/mol. The lowest BCUT2D eigenvalue weighted by Gasteiger charge is -2.13. The van der Waals surface area contributed by atoms with Gasteiger partial charge in [-0.05, 0) is 18.6 Å². The second kappa shape index (κ2) is 5.35. The van der Waals surface area contributed by atoms with Crippen LogP contribution in [0.3, 0.4) is 0 Å². The van der Waals surface area contributed by atoms with Gasteiger partial charge in [-0.25, -0.2) is 0 Å². The Bertz CT molecular complexity index is 348. The van der Waals surface area contributed by atoms with Crippen LogP contribution < -0.4 is 5.73 Å². The Morgan fingerprint density at radius 2 is 1.93 bits per heavy atom. The van der Waals surface area contributed by atoms with Gasteiger partial charge >= 0.3 is 0 Å². The molecule has 0 saturated carbocycles. The first-order valence-corrected chi connectivity index (χ1v) is 5.23. The summed E-state index contributed by atoms with van der Waals surface area (Å²) in [4.78, 5) is 0. The number of hydrogen-bond donors (Lipinski definition) is 3. The summed E-state index contributed by atoms with van der Waals surface area (Å²) in [6.07, 6.45) is -0.114. The molecule has 0 saturated heterocycles. The van der Waals surface area contributed by atoms with Crippen molar-refractivity contribution in [2.45, 2.75) is 18.9 Å². The average molecular weight is 247 g/mol. The molecule has 0 heterocycles. The summed E-state index contributed by atoms with van der Waals surface area (Å²) < 4.78 is 0. The molecule has 3 nitrogen and oxygen atoms in total. The second-order valence-corrected chi connectivity index (χ2v) is 4.03. The zero-order valence-electron chi connectivity index (χ0n) is 8.00. The topological polar surface area (TPSA) is 70.1 Å². The summed E-state index contributed by atoms with van der Waals surface area (Å²) in [5, 5.41) is 17.7. The zero-order chi connectivity index (χ0) is 11.4. The van der Waals surface area contributed by atoms with Gasteiger partial charge in [-0.15, -0.1) is 0 Å². The summed E-state index contributed by atoms with van der Waals surface area (Å²) in [5.41, 5.74) is 5.70. The third-order valence-corrected chi connectivity index (χ3v) is 2.68. The van der Waals surface area contributed by atoms with E-state index in [0.29, 0.717) is 28.5 Å². The van der Waals surface area contributed by atoms with Crippen LogP contribution in [0, 0.1) is 5.41 Å². The fraction of sp³-hybridized carbons (Fsp3) is 0.300. The maximum atomic E-state index is 9.81. The first-order valence-electron chi connectivity index (χ1n) is 4.47. The summed E-state index contributed by atoms with van der Waals surface area (Å²) in [6.45, 7) is 0. The standard InChI is InChI=1S/C10H12Cl2N2O/c11-6-2-1-3-7(12)10(6)8(15)4-5-9(13)14/h1-3,8,15H,4-5H2,(H3,13,14). The van der Waals surface area contributed by atoms with Crippen molar-refractivity contribution in [3.63, 3.8) is 0 Å². The molecule has 0 aliphatic carbocycles. The van der Waals surface area contributed by atoms with Crippen molar-refractivity contribution in [3.8, 4) is 0 Å². The molecule has 0 radical (unpaired) electrons. The highest BCUT2D eigenvalue weighted by Gasteiger charge is 2.15. The Morgan fingerprint density at radius 1 is 1.40 bits per heavy atom. The number of rotatable bonds is 4. The Morgan fingerprint density at radius 3 is 2.40 bits per heavy atom. The van der Waals surface area contributed by atoms with Gasteiger partial charge in [-0.3, -0.25) is 5.41 Å². The van der Waals surface area contributed by atoms with Crippen LogP contribution in [0.15, 0.2) is 18.2 Å². The van der Waals surface area contributed by atoms with Gasteiger partial charge in [0, 0.05) is 22.0 Å². The monoisotopic (exact) mass is 246 g/mol. The Labute approximate surface area is 98.3 Å². The Hall–Kier alpha value is -0.770. The molecule has 1 aromatic carbocycles. The molecule has 0 fully saturated rings. The van der Waals surface area contributed by atoms with Gasteiger partial charge in [0.05, 0.1) is 11.9 Å². The van der Waals surface area contributed by atoms with Crippen LogP contribution in [0.25, 0.3) is 0 Å². The lowest BCUT2D eigenvalue weighted by molar-refractivity contribution is 0.170. The number of amidine groups is 1. The van der Waals surface area contributed by atoms with Crippen LogP contribution in [0.4, 0.5) is 0 Å². The predicted molar refractivity (Wildman–Crippen MR) is 62.6 cm³/mol. The van der Waals surface area contributed by atoms with Gasteiger partial charge < -0.3 is 10.8 Å². The normalized spacial score (nSPS) is 12.5. The van der Waals surface area contributed by atoms with Crippen LogP contribution >= 0.6 is 23.2 Å². The van der Waals surface area contributed by atoms with Crippen molar-refractivity contribution >= 4 is 29.0 Å². The van der Waals surface area contributed by atoms with E-state index in [1.807, 2.05) is 0 Å². The molecular formula is C10H12Cl2N2O. The number of nitrogens with one attached hydrogen (secondary N) is 1. The van der Waals surface area contributed by atoms with Crippen LogP contribution in [0.2, 0.25) is 10.0 Å². The van der Waals surface area contributed by atoms with E-state index in [1.54, 1.807) is 18.2 Å². The fourth-order valence-electron chi connectivity index (χ4n) is 1.27. The molecule has 5 heteroatoms. The number of hydrogen-bond acceptors (Lipinski definition) is 2. The Balaban J connectivity index is 2.81. The summed E-state index contributed by atoms with van der Waals surface area (Å²) in [7, 11) is 0. The van der Waals surface area contributed by atoms with Crippen molar-refractivity contribution in [1.29, 1.82) is 5.41 Å². The van der Waals surface area contributed by atoms with E-state index >= 15 is 0 Å². The number of halogens is 2. The summed E-state index contributed by atoms with van der Waals surface area (Å²) in [5.74, 6) is 0.0391. The van der Waals surface area contributed by atoms with E-state index in [0.717, 1.165) is 0 Å². The van der Waals surface area contributed by atoms with E-state index < -0.39 is 6.10 Å². The van der Waals surface area contributed by atoms with Crippen molar-refractivity contribution in [2.24, 2.45) is 5.73 Å². The minimum atomic E-state index is -0.782. The molecule has 82 valence electrons. The molecule has 0 aliphatic heterocycles. The van der Waals surface area contributed by atoms with Crippen molar-refractivity contribution < 1.29 is 5.11 Å². The lowest BCUT2D eigenvalue weighted by Crippen LogP contribution is -2.11. The molecule has 1 rings (SSSR count). The molecule has 0 aromatic heterocycles. The molecule has 15 heavy (non-hydrogen) atoms. The average Bonchev–Trinajstić information content (AvgIpc) is 2.14. The third kappa shape index (κ3) is 3.38. The molecule has 0 aliphatic rings. The molecule has 4 N–H and O–H groups in total. The van der Waals surface area contributed by atoms with Gasteiger partial charge in [0.2, 0.25) is 0 Å². The molecule has 0 amide bonds. The van der Waals surface area contributed by atoms with Gasteiger partial charge in [-0.2, -0.15) is 0 Å².